The molecule has 4 nitrogen and oxygen atoms in total. The van der Waals surface area contributed by atoms with E-state index in [0.717, 1.165) is 8.47 Å². The van der Waals surface area contributed by atoms with Gasteiger partial charge >= 0.3 is 0 Å². The summed E-state index contributed by atoms with van der Waals surface area (Å²) in [5.41, 5.74) is 1.31. The van der Waals surface area contributed by atoms with Gasteiger partial charge in [-0.05, 0) is 46.9 Å². The largest absolute Gasteiger partial charge is 0.286 e. The number of halogens is 1. The monoisotopic (exact) mass is 422 g/mol. The molecule has 0 spiro atoms. The number of rotatable bonds is 2. The molecule has 1 aliphatic rings. The number of amides is 1. The smallest absolute Gasteiger partial charge is 0.244 e. The molecule has 2 aromatic carbocycles. The first-order valence-corrected chi connectivity index (χ1v) is 8.43. The second-order valence-electron chi connectivity index (χ2n) is 4.61. The minimum absolute atomic E-state index is 0.141. The topological polar surface area (TPSA) is 49.7 Å². The molecule has 0 N–H and O–H groups in total. The van der Waals surface area contributed by atoms with Crippen molar-refractivity contribution in [1.82, 2.24) is 0 Å². The fraction of sp³-hybridized carbons (Fsp3) is 0.0625. The Kier molecular flexibility index (Phi) is 4.30. The van der Waals surface area contributed by atoms with Crippen LogP contribution < -0.4 is 5.01 Å². The van der Waals surface area contributed by atoms with Crippen molar-refractivity contribution in [3.05, 3.63) is 57.7 Å². The van der Waals surface area contributed by atoms with Crippen LogP contribution in [-0.2, 0) is 4.79 Å². The van der Waals surface area contributed by atoms with E-state index in [0.29, 0.717) is 16.3 Å². The number of carbonyl (C=O) groups excluding carboxylic acids is 2. The van der Waals surface area contributed by atoms with E-state index in [9.17, 15) is 9.59 Å². The highest BCUT2D eigenvalue weighted by Gasteiger charge is 2.29. The summed E-state index contributed by atoms with van der Waals surface area (Å²) in [6, 6.07) is 14.8. The summed E-state index contributed by atoms with van der Waals surface area (Å²) < 4.78 is 0.896. The number of carbonyl (C=O) groups is 2. The zero-order valence-corrected chi connectivity index (χ0v) is 14.6. The van der Waals surface area contributed by atoms with E-state index in [1.807, 2.05) is 42.5 Å². The molecule has 0 bridgehead atoms. The van der Waals surface area contributed by atoms with Crippen molar-refractivity contribution in [1.29, 1.82) is 0 Å². The third kappa shape index (κ3) is 2.80. The summed E-state index contributed by atoms with van der Waals surface area (Å²) in [5.74, 6) is -0.376. The van der Waals surface area contributed by atoms with Crippen LogP contribution in [0.3, 0.4) is 0 Å². The highest BCUT2D eigenvalue weighted by molar-refractivity contribution is 14.1. The maximum absolute atomic E-state index is 12.4. The van der Waals surface area contributed by atoms with E-state index >= 15 is 0 Å². The number of ketones is 1. The van der Waals surface area contributed by atoms with Gasteiger partial charge in [-0.1, -0.05) is 36.0 Å². The molecule has 3 rings (SSSR count). The second-order valence-corrected chi connectivity index (χ2v) is 6.81. The van der Waals surface area contributed by atoms with Gasteiger partial charge in [-0.3, -0.25) is 9.59 Å². The number of hydrogen-bond acceptors (Lipinski definition) is 4. The van der Waals surface area contributed by atoms with Crippen LogP contribution in [0.25, 0.3) is 0 Å². The lowest BCUT2D eigenvalue weighted by Crippen LogP contribution is -2.25. The van der Waals surface area contributed by atoms with Gasteiger partial charge in [0.2, 0.25) is 11.7 Å². The number of anilines is 1. The lowest BCUT2D eigenvalue weighted by Gasteiger charge is -2.17. The van der Waals surface area contributed by atoms with Crippen LogP contribution in [0, 0.1) is 3.57 Å². The maximum atomic E-state index is 12.4. The number of hydrazone groups is 1. The lowest BCUT2D eigenvalue weighted by molar-refractivity contribution is -0.116. The highest BCUT2D eigenvalue weighted by atomic mass is 127. The predicted molar refractivity (Wildman–Crippen MR) is 96.4 cm³/mol. The van der Waals surface area contributed by atoms with Crippen LogP contribution in [-0.4, -0.2) is 16.7 Å². The molecular formula is C16H11IN2O2S. The Hall–Kier alpha value is -1.67. The van der Waals surface area contributed by atoms with E-state index in [1.54, 1.807) is 6.07 Å². The van der Waals surface area contributed by atoms with Crippen molar-refractivity contribution in [3.63, 3.8) is 0 Å². The lowest BCUT2D eigenvalue weighted by atomic mass is 10.1. The van der Waals surface area contributed by atoms with Gasteiger partial charge in [0.15, 0.2) is 5.04 Å². The van der Waals surface area contributed by atoms with Crippen molar-refractivity contribution in [2.75, 3.05) is 5.01 Å². The van der Waals surface area contributed by atoms with Gasteiger partial charge in [-0.25, -0.2) is 0 Å². The van der Waals surface area contributed by atoms with Crippen LogP contribution in [0.4, 0.5) is 5.69 Å². The first-order chi connectivity index (χ1) is 10.6. The van der Waals surface area contributed by atoms with Crippen molar-refractivity contribution < 1.29 is 9.59 Å². The highest BCUT2D eigenvalue weighted by Crippen LogP contribution is 2.34. The van der Waals surface area contributed by atoms with Crippen LogP contribution in [0.15, 0.2) is 58.5 Å². The number of nitrogens with zero attached hydrogens (tertiary/aromatic N) is 2. The van der Waals surface area contributed by atoms with Gasteiger partial charge in [0.25, 0.3) is 0 Å². The Labute approximate surface area is 145 Å². The summed E-state index contributed by atoms with van der Waals surface area (Å²) in [7, 11) is 0. The molecule has 0 atom stereocenters. The minimum atomic E-state index is -0.235. The summed E-state index contributed by atoms with van der Waals surface area (Å²) in [6.45, 7) is 1.43. The summed E-state index contributed by atoms with van der Waals surface area (Å²) in [4.78, 5) is 25.2. The molecule has 1 amide bonds. The zero-order valence-electron chi connectivity index (χ0n) is 11.6. The number of thioether (sulfide) groups is 1. The molecule has 0 aliphatic carbocycles. The molecule has 0 saturated heterocycles. The number of benzene rings is 2. The van der Waals surface area contributed by atoms with Crippen LogP contribution in [0.2, 0.25) is 0 Å². The molecule has 1 aliphatic heterocycles. The number of fused-ring (bicyclic) bond motifs is 1. The van der Waals surface area contributed by atoms with Gasteiger partial charge < -0.3 is 0 Å². The quantitative estimate of drug-likeness (QED) is 0.544. The standard InChI is InChI=1S/C16H11IN2O2S/c1-10(20)19(13-8-4-3-7-12(13)17)18-16-15(21)11-6-2-5-9-14(11)22-16/h2-9H,1H3. The van der Waals surface area contributed by atoms with Crippen molar-refractivity contribution >= 4 is 56.8 Å². The first kappa shape index (κ1) is 15.2. The fourth-order valence-corrected chi connectivity index (χ4v) is 3.65. The van der Waals surface area contributed by atoms with Crippen molar-refractivity contribution in [2.45, 2.75) is 11.8 Å². The first-order valence-electron chi connectivity index (χ1n) is 6.53. The van der Waals surface area contributed by atoms with E-state index in [2.05, 4.69) is 27.7 Å². The summed E-state index contributed by atoms with van der Waals surface area (Å²) in [6.07, 6.45) is 0. The molecule has 0 unspecified atom stereocenters. The number of para-hydroxylation sites is 1. The van der Waals surface area contributed by atoms with E-state index in [-0.39, 0.29) is 11.7 Å². The number of Topliss-reactive ketones (excluding diaryl/α,β-unsaturated/α-hetero) is 1. The van der Waals surface area contributed by atoms with E-state index in [1.165, 1.54) is 23.7 Å². The van der Waals surface area contributed by atoms with Gasteiger partial charge in [0, 0.05) is 21.0 Å². The average molecular weight is 422 g/mol. The molecule has 0 fully saturated rings. The van der Waals surface area contributed by atoms with E-state index < -0.39 is 0 Å². The van der Waals surface area contributed by atoms with Gasteiger partial charge in [0.05, 0.1) is 5.69 Å². The average Bonchev–Trinajstić information content (AvgIpc) is 2.82. The third-order valence-electron chi connectivity index (χ3n) is 3.10. The summed E-state index contributed by atoms with van der Waals surface area (Å²) >= 11 is 3.44. The fourth-order valence-electron chi connectivity index (χ4n) is 2.08. The van der Waals surface area contributed by atoms with Crippen LogP contribution >= 0.6 is 34.4 Å². The predicted octanol–water partition coefficient (Wildman–Crippen LogP) is 3.95. The normalized spacial score (nSPS) is 15.0. The SMILES string of the molecule is CC(=O)N(N=C1Sc2ccccc2C1=O)c1ccccc1I. The second kappa shape index (κ2) is 6.21. The van der Waals surface area contributed by atoms with Crippen molar-refractivity contribution in [3.8, 4) is 0 Å². The molecule has 6 heteroatoms. The minimum Gasteiger partial charge on any atom is -0.286 e. The van der Waals surface area contributed by atoms with Gasteiger partial charge in [-0.2, -0.15) is 10.1 Å². The molecule has 1 heterocycles. The molecule has 0 aromatic heterocycles. The Balaban J connectivity index is 2.01. The van der Waals surface area contributed by atoms with Crippen LogP contribution in [0.1, 0.15) is 17.3 Å². The van der Waals surface area contributed by atoms with Crippen LogP contribution in [0.5, 0.6) is 0 Å². The summed E-state index contributed by atoms with van der Waals surface area (Å²) in [5, 5.41) is 5.91. The maximum Gasteiger partial charge on any atom is 0.244 e. The zero-order chi connectivity index (χ0) is 15.7. The molecular weight excluding hydrogens is 411 g/mol. The Morgan fingerprint density at radius 2 is 1.82 bits per heavy atom. The number of hydrogen-bond donors (Lipinski definition) is 0. The Bertz CT molecular complexity index is 804. The molecule has 2 aromatic rings. The van der Waals surface area contributed by atoms with Gasteiger partial charge in [0.1, 0.15) is 0 Å². The Morgan fingerprint density at radius 1 is 1.14 bits per heavy atom. The van der Waals surface area contributed by atoms with E-state index in [4.69, 9.17) is 0 Å². The van der Waals surface area contributed by atoms with Gasteiger partial charge in [-0.15, -0.1) is 0 Å². The molecule has 0 saturated carbocycles. The molecule has 0 radical (unpaired) electrons. The molecule has 22 heavy (non-hydrogen) atoms. The van der Waals surface area contributed by atoms with Crippen molar-refractivity contribution in [2.24, 2.45) is 5.10 Å². The molecule has 110 valence electrons. The third-order valence-corrected chi connectivity index (χ3v) is 5.05. The Morgan fingerprint density at radius 3 is 2.50 bits per heavy atom.